The lowest BCUT2D eigenvalue weighted by Gasteiger charge is -2.15. The van der Waals surface area contributed by atoms with Gasteiger partial charge in [0.05, 0.1) is 0 Å². The van der Waals surface area contributed by atoms with E-state index in [2.05, 4.69) is 6.92 Å². The maximum absolute atomic E-state index is 2.30. The first-order valence-electron chi connectivity index (χ1n) is 10.9. The Hall–Kier alpha value is 0. The first-order chi connectivity index (χ1) is 10.9. The molecule has 0 bridgehead atoms. The largest absolute Gasteiger partial charge is 0.0654 e. The molecule has 0 unspecified atom stereocenters. The van der Waals surface area contributed by atoms with Gasteiger partial charge in [-0.1, -0.05) is 135 Å². The minimum Gasteiger partial charge on any atom is -0.0654 e. The molecule has 0 atom stereocenters. The van der Waals surface area contributed by atoms with E-state index in [1.807, 2.05) is 0 Å². The van der Waals surface area contributed by atoms with Crippen LogP contribution in [0.5, 0.6) is 0 Å². The van der Waals surface area contributed by atoms with Gasteiger partial charge in [0, 0.05) is 0 Å². The van der Waals surface area contributed by atoms with Gasteiger partial charge < -0.3 is 0 Å². The lowest BCUT2D eigenvalue weighted by molar-refractivity contribution is 0.381. The van der Waals surface area contributed by atoms with E-state index in [1.165, 1.54) is 128 Å². The monoisotopic (exact) mass is 308 g/mol. The highest BCUT2D eigenvalue weighted by atomic mass is 14.2. The molecule has 132 valence electrons. The summed E-state index contributed by atoms with van der Waals surface area (Å²) in [4.78, 5) is 0. The molecule has 1 aliphatic carbocycles. The average Bonchev–Trinajstić information content (AvgIpc) is 2.66. The van der Waals surface area contributed by atoms with Gasteiger partial charge in [-0.3, -0.25) is 0 Å². The minimum atomic E-state index is 1.08. The predicted molar refractivity (Wildman–Crippen MR) is 102 cm³/mol. The fourth-order valence-electron chi connectivity index (χ4n) is 4.10. The highest BCUT2D eigenvalue weighted by Gasteiger charge is 2.10. The van der Waals surface area contributed by atoms with Gasteiger partial charge in [-0.15, -0.1) is 0 Å². The molecular weight excluding hydrogens is 264 g/mol. The van der Waals surface area contributed by atoms with Crippen LogP contribution in [-0.4, -0.2) is 0 Å². The summed E-state index contributed by atoms with van der Waals surface area (Å²) in [5, 5.41) is 0. The van der Waals surface area contributed by atoms with E-state index < -0.39 is 0 Å². The molecule has 1 aliphatic rings. The number of hydrogen-bond donors (Lipinski definition) is 0. The SMILES string of the molecule is CCCCCCCCCCCCCC1CCCCCCCC1. The lowest BCUT2D eigenvalue weighted by Crippen LogP contribution is -2.00. The number of unbranched alkanes of at least 4 members (excludes halogenated alkanes) is 10. The van der Waals surface area contributed by atoms with Crippen molar-refractivity contribution < 1.29 is 0 Å². The molecule has 0 nitrogen and oxygen atoms in total. The number of hydrogen-bond acceptors (Lipinski definition) is 0. The second kappa shape index (κ2) is 15.9. The Morgan fingerprint density at radius 2 is 0.909 bits per heavy atom. The Kier molecular flexibility index (Phi) is 14.5. The average molecular weight is 309 g/mol. The van der Waals surface area contributed by atoms with Crippen molar-refractivity contribution in [1.82, 2.24) is 0 Å². The molecule has 0 aromatic carbocycles. The van der Waals surface area contributed by atoms with Gasteiger partial charge >= 0.3 is 0 Å². The van der Waals surface area contributed by atoms with Crippen molar-refractivity contribution in [3.8, 4) is 0 Å². The lowest BCUT2D eigenvalue weighted by atomic mass is 9.91. The second-order valence-electron chi connectivity index (χ2n) is 7.89. The van der Waals surface area contributed by atoms with Crippen LogP contribution >= 0.6 is 0 Å². The molecular formula is C22H44. The maximum Gasteiger partial charge on any atom is -0.0414 e. The van der Waals surface area contributed by atoms with E-state index in [0.717, 1.165) is 5.92 Å². The molecule has 1 rings (SSSR count). The molecule has 0 heteroatoms. The third-order valence-electron chi connectivity index (χ3n) is 5.69. The molecule has 0 aromatic heterocycles. The van der Waals surface area contributed by atoms with Gasteiger partial charge in [0.25, 0.3) is 0 Å². The number of rotatable bonds is 12. The van der Waals surface area contributed by atoms with E-state index in [-0.39, 0.29) is 0 Å². The van der Waals surface area contributed by atoms with E-state index in [4.69, 9.17) is 0 Å². The van der Waals surface area contributed by atoms with Crippen LogP contribution in [0.25, 0.3) is 0 Å². The van der Waals surface area contributed by atoms with Crippen LogP contribution in [0.4, 0.5) is 0 Å². The fraction of sp³-hybridized carbons (Fsp3) is 1.00. The van der Waals surface area contributed by atoms with Crippen LogP contribution in [0.1, 0.15) is 135 Å². The van der Waals surface area contributed by atoms with Crippen molar-refractivity contribution in [2.75, 3.05) is 0 Å². The normalized spacial score (nSPS) is 17.9. The maximum atomic E-state index is 2.30. The second-order valence-corrected chi connectivity index (χ2v) is 7.89. The van der Waals surface area contributed by atoms with E-state index in [9.17, 15) is 0 Å². The van der Waals surface area contributed by atoms with Gasteiger partial charge in [-0.25, -0.2) is 0 Å². The Morgan fingerprint density at radius 3 is 1.41 bits per heavy atom. The van der Waals surface area contributed by atoms with Gasteiger partial charge in [0.15, 0.2) is 0 Å². The van der Waals surface area contributed by atoms with Gasteiger partial charge in [-0.2, -0.15) is 0 Å². The minimum absolute atomic E-state index is 1.08. The van der Waals surface area contributed by atoms with Gasteiger partial charge in [-0.05, 0) is 5.92 Å². The standard InChI is InChI=1S/C22H44/c1-2-3-4-5-6-7-8-9-10-13-16-19-22-20-17-14-11-12-15-18-21-22/h22H,2-21H2,1H3. The summed E-state index contributed by atoms with van der Waals surface area (Å²) in [7, 11) is 0. The zero-order chi connectivity index (χ0) is 15.7. The molecule has 0 amide bonds. The zero-order valence-electron chi connectivity index (χ0n) is 15.7. The van der Waals surface area contributed by atoms with Crippen molar-refractivity contribution in [1.29, 1.82) is 0 Å². The van der Waals surface area contributed by atoms with Crippen molar-refractivity contribution in [3.63, 3.8) is 0 Å². The van der Waals surface area contributed by atoms with Crippen molar-refractivity contribution in [2.24, 2.45) is 5.92 Å². The van der Waals surface area contributed by atoms with E-state index >= 15 is 0 Å². The summed E-state index contributed by atoms with van der Waals surface area (Å²) in [6.07, 6.45) is 29.9. The molecule has 0 radical (unpaired) electrons. The highest BCUT2D eigenvalue weighted by molar-refractivity contribution is 4.63. The van der Waals surface area contributed by atoms with Crippen LogP contribution in [-0.2, 0) is 0 Å². The van der Waals surface area contributed by atoms with Crippen LogP contribution < -0.4 is 0 Å². The Bertz CT molecular complexity index is 198. The molecule has 1 fully saturated rings. The Balaban J connectivity index is 1.83. The summed E-state index contributed by atoms with van der Waals surface area (Å²) in [5.41, 5.74) is 0. The molecule has 22 heavy (non-hydrogen) atoms. The van der Waals surface area contributed by atoms with Gasteiger partial charge in [0.1, 0.15) is 0 Å². The van der Waals surface area contributed by atoms with Crippen LogP contribution in [0, 0.1) is 5.92 Å². The summed E-state index contributed by atoms with van der Waals surface area (Å²) >= 11 is 0. The highest BCUT2D eigenvalue weighted by Crippen LogP contribution is 2.26. The third kappa shape index (κ3) is 12.5. The topological polar surface area (TPSA) is 0 Å². The molecule has 0 aliphatic heterocycles. The van der Waals surface area contributed by atoms with Crippen molar-refractivity contribution in [2.45, 2.75) is 135 Å². The Labute approximate surface area is 141 Å². The summed E-state index contributed by atoms with van der Waals surface area (Å²) in [6, 6.07) is 0. The molecule has 0 saturated heterocycles. The van der Waals surface area contributed by atoms with Crippen LogP contribution in [0.3, 0.4) is 0 Å². The van der Waals surface area contributed by atoms with E-state index in [0.29, 0.717) is 0 Å². The van der Waals surface area contributed by atoms with Crippen LogP contribution in [0.15, 0.2) is 0 Å². The molecule has 0 heterocycles. The zero-order valence-corrected chi connectivity index (χ0v) is 15.7. The summed E-state index contributed by atoms with van der Waals surface area (Å²) in [6.45, 7) is 2.30. The molecule has 0 N–H and O–H groups in total. The van der Waals surface area contributed by atoms with Crippen molar-refractivity contribution >= 4 is 0 Å². The fourth-order valence-corrected chi connectivity index (χ4v) is 4.10. The Morgan fingerprint density at radius 1 is 0.500 bits per heavy atom. The van der Waals surface area contributed by atoms with E-state index in [1.54, 1.807) is 0 Å². The molecule has 1 saturated carbocycles. The quantitative estimate of drug-likeness (QED) is 0.317. The van der Waals surface area contributed by atoms with Crippen molar-refractivity contribution in [3.05, 3.63) is 0 Å². The summed E-state index contributed by atoms with van der Waals surface area (Å²) in [5.74, 6) is 1.08. The first kappa shape index (κ1) is 20.0. The molecule has 0 aromatic rings. The predicted octanol–water partition coefficient (Wildman–Crippen LogP) is 8.44. The molecule has 0 spiro atoms. The first-order valence-corrected chi connectivity index (χ1v) is 10.9. The smallest absolute Gasteiger partial charge is 0.0414 e. The van der Waals surface area contributed by atoms with Crippen LogP contribution in [0.2, 0.25) is 0 Å². The van der Waals surface area contributed by atoms with Gasteiger partial charge in [0.2, 0.25) is 0 Å². The summed E-state index contributed by atoms with van der Waals surface area (Å²) < 4.78 is 0. The third-order valence-corrected chi connectivity index (χ3v) is 5.69.